The number of amides is 1. The van der Waals surface area contributed by atoms with Crippen LogP contribution in [0.15, 0.2) is 58.0 Å². The number of benzene rings is 2. The number of ether oxygens (including phenoxy) is 1. The quantitative estimate of drug-likeness (QED) is 0.578. The fraction of sp³-hybridized carbons (Fsp3) is 0.261. The Kier molecular flexibility index (Phi) is 6.82. The molecule has 1 aromatic heterocycles. The summed E-state index contributed by atoms with van der Waals surface area (Å²) in [7, 11) is -0.749. The van der Waals surface area contributed by atoms with Crippen molar-refractivity contribution < 1.29 is 22.4 Å². The number of aryl methyl sites for hydroxylation is 2. The minimum absolute atomic E-state index is 0.00579. The van der Waals surface area contributed by atoms with Gasteiger partial charge in [0, 0.05) is 13.6 Å². The topological polar surface area (TPSA) is 88.9 Å². The molecule has 163 valence electrons. The lowest BCUT2D eigenvalue weighted by Gasteiger charge is -2.19. The number of rotatable bonds is 8. The highest BCUT2D eigenvalue weighted by atomic mass is 32.2. The lowest BCUT2D eigenvalue weighted by Crippen LogP contribution is -2.27. The van der Waals surface area contributed by atoms with E-state index < -0.39 is 10.0 Å². The number of hydrogen-bond acceptors (Lipinski definition) is 5. The van der Waals surface area contributed by atoms with Gasteiger partial charge in [-0.15, -0.1) is 0 Å². The van der Waals surface area contributed by atoms with Crippen LogP contribution in [0.25, 0.3) is 0 Å². The van der Waals surface area contributed by atoms with Crippen molar-refractivity contribution in [3.8, 4) is 5.75 Å². The highest BCUT2D eigenvalue weighted by molar-refractivity contribution is 7.89. The third kappa shape index (κ3) is 5.15. The first kappa shape index (κ1) is 22.6. The number of nitrogens with one attached hydrogen (secondary N) is 1. The molecule has 0 saturated carbocycles. The second kappa shape index (κ2) is 9.36. The van der Waals surface area contributed by atoms with Gasteiger partial charge in [-0.2, -0.15) is 4.31 Å². The van der Waals surface area contributed by atoms with Gasteiger partial charge in [0.05, 0.1) is 24.1 Å². The first-order chi connectivity index (χ1) is 14.7. The Morgan fingerprint density at radius 3 is 2.55 bits per heavy atom. The van der Waals surface area contributed by atoms with Gasteiger partial charge in [0.1, 0.15) is 17.8 Å². The van der Waals surface area contributed by atoms with Crippen molar-refractivity contribution in [2.45, 2.75) is 31.8 Å². The van der Waals surface area contributed by atoms with Gasteiger partial charge in [0.25, 0.3) is 5.91 Å². The monoisotopic (exact) mass is 441 g/mol. The summed E-state index contributed by atoms with van der Waals surface area (Å²) in [6.45, 7) is 3.82. The lowest BCUT2D eigenvalue weighted by molar-refractivity contribution is 0.0950. The zero-order valence-electron chi connectivity index (χ0n) is 17.9. The summed E-state index contributed by atoms with van der Waals surface area (Å²) < 4.78 is 38.1. The molecular weight excluding hydrogens is 416 g/mol. The van der Waals surface area contributed by atoms with E-state index in [4.69, 9.17) is 9.15 Å². The number of methoxy groups -OCH3 is 1. The second-order valence-corrected chi connectivity index (χ2v) is 9.23. The summed E-state index contributed by atoms with van der Waals surface area (Å²) in [5.41, 5.74) is 2.45. The molecule has 0 atom stereocenters. The van der Waals surface area contributed by atoms with Crippen LogP contribution in [-0.4, -0.2) is 32.8 Å². The van der Waals surface area contributed by atoms with Crippen molar-refractivity contribution >= 4 is 15.9 Å². The normalized spacial score (nSPS) is 11.5. The molecule has 1 radical (unpaired) electrons. The highest BCUT2D eigenvalue weighted by Crippen LogP contribution is 2.28. The molecular formula is C23H25N2O5S. The Morgan fingerprint density at radius 1 is 1.23 bits per heavy atom. The van der Waals surface area contributed by atoms with Gasteiger partial charge in [-0.1, -0.05) is 18.2 Å². The fourth-order valence-corrected chi connectivity index (χ4v) is 4.84. The number of furan rings is 1. The molecule has 2 aromatic carbocycles. The lowest BCUT2D eigenvalue weighted by atomic mass is 10.1. The molecule has 31 heavy (non-hydrogen) atoms. The molecule has 0 bridgehead atoms. The van der Waals surface area contributed by atoms with Gasteiger partial charge in [0.15, 0.2) is 0 Å². The molecule has 0 unspecified atom stereocenters. The number of hydrogen-bond donors (Lipinski definition) is 1. The van der Waals surface area contributed by atoms with Crippen LogP contribution in [0.5, 0.6) is 5.75 Å². The van der Waals surface area contributed by atoms with Gasteiger partial charge in [-0.05, 0) is 60.9 Å². The van der Waals surface area contributed by atoms with Crippen molar-refractivity contribution in [2.75, 3.05) is 14.2 Å². The van der Waals surface area contributed by atoms with E-state index >= 15 is 0 Å². The van der Waals surface area contributed by atoms with Crippen LogP contribution < -0.4 is 10.1 Å². The average Bonchev–Trinajstić information content (AvgIpc) is 3.20. The zero-order valence-corrected chi connectivity index (χ0v) is 18.7. The van der Waals surface area contributed by atoms with E-state index in [-0.39, 0.29) is 17.3 Å². The molecule has 0 spiro atoms. The Bertz CT molecular complexity index is 1150. The van der Waals surface area contributed by atoms with Crippen LogP contribution in [0.4, 0.5) is 0 Å². The maximum absolute atomic E-state index is 13.1. The average molecular weight is 442 g/mol. The first-order valence-corrected chi connectivity index (χ1v) is 11.1. The summed E-state index contributed by atoms with van der Waals surface area (Å²) in [5.74, 6) is 0.672. The van der Waals surface area contributed by atoms with Crippen LogP contribution >= 0.6 is 0 Å². The highest BCUT2D eigenvalue weighted by Gasteiger charge is 2.26. The fourth-order valence-electron chi connectivity index (χ4n) is 3.30. The largest absolute Gasteiger partial charge is 0.497 e. The molecule has 3 aromatic rings. The molecule has 1 heterocycles. The van der Waals surface area contributed by atoms with Gasteiger partial charge in [-0.25, -0.2) is 8.42 Å². The van der Waals surface area contributed by atoms with Gasteiger partial charge in [0.2, 0.25) is 10.0 Å². The Balaban J connectivity index is 1.70. The SMILES string of the molecule is COc1cc(C)c(S(=O)(=O)N(C)Cc2cc(C(=O)NCc3c[c]ccc3)co2)c(C)c1. The standard InChI is InChI=1S/C23H25N2O5S/c1-16-10-20(29-4)11-17(2)22(16)31(27,28)25(3)14-21-12-19(15-30-21)23(26)24-13-18-8-6-5-7-9-18/h5-6,8-12,15H,13-14H2,1-4H3,(H,24,26). The van der Waals surface area contributed by atoms with Crippen LogP contribution in [0.1, 0.15) is 32.8 Å². The van der Waals surface area contributed by atoms with E-state index in [2.05, 4.69) is 11.4 Å². The van der Waals surface area contributed by atoms with E-state index in [0.717, 1.165) is 5.56 Å². The molecule has 0 fully saturated rings. The van der Waals surface area contributed by atoms with E-state index in [0.29, 0.717) is 34.7 Å². The van der Waals surface area contributed by atoms with E-state index in [1.807, 2.05) is 12.1 Å². The summed E-state index contributed by atoms with van der Waals surface area (Å²) >= 11 is 0. The second-order valence-electron chi connectivity index (χ2n) is 7.25. The van der Waals surface area contributed by atoms with Crippen LogP contribution in [0.3, 0.4) is 0 Å². The number of carbonyl (C=O) groups is 1. The van der Waals surface area contributed by atoms with E-state index in [1.54, 1.807) is 44.2 Å². The first-order valence-electron chi connectivity index (χ1n) is 9.64. The summed E-state index contributed by atoms with van der Waals surface area (Å²) in [6.07, 6.45) is 1.33. The third-order valence-corrected chi connectivity index (χ3v) is 6.97. The summed E-state index contributed by atoms with van der Waals surface area (Å²) in [4.78, 5) is 12.6. The van der Waals surface area contributed by atoms with Crippen molar-refractivity contribution in [3.05, 3.63) is 82.8 Å². The molecule has 3 rings (SSSR count). The minimum atomic E-state index is -3.77. The number of sulfonamides is 1. The van der Waals surface area contributed by atoms with Crippen molar-refractivity contribution in [2.24, 2.45) is 0 Å². The molecule has 0 aliphatic carbocycles. The molecule has 0 aliphatic heterocycles. The number of nitrogens with zero attached hydrogens (tertiary/aromatic N) is 1. The predicted molar refractivity (Wildman–Crippen MR) is 116 cm³/mol. The molecule has 1 amide bonds. The smallest absolute Gasteiger partial charge is 0.254 e. The van der Waals surface area contributed by atoms with Gasteiger partial charge < -0.3 is 14.5 Å². The van der Waals surface area contributed by atoms with Crippen molar-refractivity contribution in [1.82, 2.24) is 9.62 Å². The maximum atomic E-state index is 13.1. The van der Waals surface area contributed by atoms with Crippen molar-refractivity contribution in [3.63, 3.8) is 0 Å². The van der Waals surface area contributed by atoms with E-state index in [1.165, 1.54) is 24.7 Å². The van der Waals surface area contributed by atoms with Gasteiger partial charge in [-0.3, -0.25) is 4.79 Å². The summed E-state index contributed by atoms with van der Waals surface area (Å²) in [5, 5.41) is 2.80. The van der Waals surface area contributed by atoms with E-state index in [9.17, 15) is 13.2 Å². The Morgan fingerprint density at radius 2 is 1.94 bits per heavy atom. The Hall–Kier alpha value is -3.10. The van der Waals surface area contributed by atoms with Crippen molar-refractivity contribution in [1.29, 1.82) is 0 Å². The Labute approximate surface area is 182 Å². The number of carbonyl (C=O) groups excluding carboxylic acids is 1. The van der Waals surface area contributed by atoms with Gasteiger partial charge >= 0.3 is 0 Å². The molecule has 8 heteroatoms. The van der Waals surface area contributed by atoms with Crippen LogP contribution in [0, 0.1) is 19.9 Å². The molecule has 7 nitrogen and oxygen atoms in total. The maximum Gasteiger partial charge on any atom is 0.254 e. The molecule has 0 aliphatic rings. The summed E-state index contributed by atoms with van der Waals surface area (Å²) in [6, 6.07) is 15.2. The minimum Gasteiger partial charge on any atom is -0.497 e. The third-order valence-electron chi connectivity index (χ3n) is 4.86. The van der Waals surface area contributed by atoms with Crippen LogP contribution in [0.2, 0.25) is 0 Å². The molecule has 0 saturated heterocycles. The predicted octanol–water partition coefficient (Wildman–Crippen LogP) is 3.46. The zero-order chi connectivity index (χ0) is 22.6. The molecule has 1 N–H and O–H groups in total. The van der Waals surface area contributed by atoms with Crippen LogP contribution in [-0.2, 0) is 23.1 Å².